The number of carbonyl (C=O) groups is 7. The molecule has 16 aliphatic rings. The standard InChI is InChI=1S/C21H36O2.C20H32O3.C18H30O3.C16H28O2.C15H28O2.C13H24O2.C12H22O2.14CH4/c1-8-18(3,4)17(22)23-20(7)11-12-21-13-16(20)19(5,6)15(21)10-9-14(21)2;1-5-20(3,4)19(21)23-11(2)22-16-10-14-9-15(16)18-13-7-6-12(8-13)17(14)18;1-5-17(3,4)16(19)20-12(2)21-18-9-13-6-14(10-18)8-15(7-13)11-18;1-6-15(2,3)14(17)18-16(4,5)13-10-11-7-8-12(13)9-11;1-6-14(2,3)13(16)17-15(4,5)12-10-8-7-9-11-12;1-5-12(2,3)11(14)15-13(4)9-7-6-8-10-13;1-5-11(2,3)10(13)14-12(4)8-6-7-9-12;;;;;;;;;;;;;;/h14-16H,8-13H2,1-7H3;11-18H,5-10H2,1-4H3;12-15H,5-11H2,1-4H3;11-13H,6-10H2,1-5H3;12H,6-11H2,1-5H3;5-10H2,1-4H3;5-9H2,1-4H3;14*1H4. The Morgan fingerprint density at radius 2 is 0.683 bits per heavy atom. The van der Waals surface area contributed by atoms with Crippen LogP contribution in [0.3, 0.4) is 0 Å². The highest BCUT2D eigenvalue weighted by molar-refractivity contribution is 5.79. The van der Waals surface area contributed by atoms with Crippen LogP contribution in [0.25, 0.3) is 0 Å². The number of carbonyl (C=O) groups excluding carboxylic acids is 7. The molecule has 0 aliphatic heterocycles. The lowest BCUT2D eigenvalue weighted by atomic mass is 9.54. The minimum absolute atomic E-state index is 0. The van der Waals surface area contributed by atoms with Gasteiger partial charge in [0, 0.05) is 11.8 Å². The van der Waals surface area contributed by atoms with Crippen LogP contribution in [0.5, 0.6) is 0 Å². The van der Waals surface area contributed by atoms with Crippen molar-refractivity contribution < 1.29 is 76.2 Å². The molecule has 16 fully saturated rings. The van der Waals surface area contributed by atoms with E-state index in [1.54, 1.807) is 0 Å². The molecule has 1 spiro atoms. The van der Waals surface area contributed by atoms with E-state index in [0.29, 0.717) is 29.3 Å². The molecule has 17 atom stereocenters. The summed E-state index contributed by atoms with van der Waals surface area (Å²) < 4.78 is 53.0. The van der Waals surface area contributed by atoms with Crippen molar-refractivity contribution in [3.8, 4) is 0 Å². The Balaban J connectivity index is -0.000000385. The van der Waals surface area contributed by atoms with Gasteiger partial charge >= 0.3 is 41.8 Å². The minimum atomic E-state index is -0.418. The number of ether oxygens (including phenoxy) is 9. The average Bonchev–Trinajstić information content (AvgIpc) is 1.52. The van der Waals surface area contributed by atoms with Crippen LogP contribution in [-0.2, 0) is 76.2 Å². The Bertz CT molecular complexity index is 3720. The summed E-state index contributed by atoms with van der Waals surface area (Å²) in [5.41, 5.74) is -2.99. The van der Waals surface area contributed by atoms with Crippen LogP contribution < -0.4 is 0 Å². The lowest BCUT2D eigenvalue weighted by Crippen LogP contribution is -2.53. The molecule has 16 nitrogen and oxygen atoms in total. The Labute approximate surface area is 904 Å². The Kier molecular flexibility index (Phi) is 62.0. The normalized spacial score (nSPS) is 30.4. The van der Waals surface area contributed by atoms with E-state index in [1.807, 2.05) is 152 Å². The van der Waals surface area contributed by atoms with Crippen LogP contribution in [0.4, 0.5) is 0 Å². The van der Waals surface area contributed by atoms with Crippen molar-refractivity contribution in [2.45, 2.75) is 648 Å². The number of hydrogen-bond donors (Lipinski definition) is 0. The Hall–Kier alpha value is -3.79. The van der Waals surface area contributed by atoms with Crippen molar-refractivity contribution in [2.75, 3.05) is 0 Å². The maximum atomic E-state index is 12.7. The largest absolute Gasteiger partial charge is 0.459 e. The number of esters is 7. The van der Waals surface area contributed by atoms with E-state index in [1.165, 1.54) is 186 Å². The van der Waals surface area contributed by atoms with Crippen LogP contribution in [0.15, 0.2) is 0 Å². The molecular formula is C129H256O16. The van der Waals surface area contributed by atoms with Gasteiger partial charge in [-0.2, -0.15) is 0 Å². The quantitative estimate of drug-likeness (QED) is 0.0325. The maximum Gasteiger partial charge on any atom is 0.313 e. The molecule has 0 amide bonds. The molecule has 16 aliphatic carbocycles. The van der Waals surface area contributed by atoms with Gasteiger partial charge in [0.15, 0.2) is 6.29 Å². The molecular weight excluding hydrogens is 1810 g/mol. The second kappa shape index (κ2) is 59.2. The molecule has 16 rings (SSSR count). The predicted molar refractivity (Wildman–Crippen MR) is 621 cm³/mol. The fraction of sp³-hybridized carbons (Fsp3) is 0.946. The Morgan fingerprint density at radius 1 is 0.317 bits per heavy atom. The van der Waals surface area contributed by atoms with Crippen molar-refractivity contribution in [1.82, 2.24) is 0 Å². The third-order valence-electron chi connectivity index (χ3n) is 39.3. The first-order valence-electron chi connectivity index (χ1n) is 54.5. The minimum Gasteiger partial charge on any atom is -0.459 e. The number of rotatable bonds is 27. The summed E-state index contributed by atoms with van der Waals surface area (Å²) in [4.78, 5) is 85.3. The highest BCUT2D eigenvalue weighted by Crippen LogP contribution is 2.74. The molecule has 16 saturated carbocycles. The summed E-state index contributed by atoms with van der Waals surface area (Å²) in [6.07, 6.45) is 48.1. The molecule has 16 heteroatoms. The van der Waals surface area contributed by atoms with Gasteiger partial charge in [0.1, 0.15) is 28.0 Å². The summed E-state index contributed by atoms with van der Waals surface area (Å²) in [6, 6.07) is 0. The van der Waals surface area contributed by atoms with Crippen LogP contribution in [0, 0.1) is 143 Å². The van der Waals surface area contributed by atoms with Crippen LogP contribution in [0.1, 0.15) is 596 Å². The van der Waals surface area contributed by atoms with Crippen LogP contribution in [-0.4, -0.2) is 94.1 Å². The zero-order chi connectivity index (χ0) is 97.9. The van der Waals surface area contributed by atoms with E-state index in [9.17, 15) is 33.6 Å². The maximum absolute atomic E-state index is 12.7. The Morgan fingerprint density at radius 3 is 1.08 bits per heavy atom. The zero-order valence-corrected chi connectivity index (χ0v) is 90.5. The summed E-state index contributed by atoms with van der Waals surface area (Å²) in [6.45, 7) is 67.7. The third kappa shape index (κ3) is 36.1. The molecule has 145 heavy (non-hydrogen) atoms. The molecule has 0 N–H and O–H groups in total. The molecule has 12 bridgehead atoms. The van der Waals surface area contributed by atoms with Gasteiger partial charge < -0.3 is 42.6 Å². The second-order valence-electron chi connectivity index (χ2n) is 53.0. The number of fused-ring (bicyclic) bond motifs is 12. The molecule has 0 aromatic heterocycles. The van der Waals surface area contributed by atoms with Gasteiger partial charge in [0.25, 0.3) is 0 Å². The molecule has 0 saturated heterocycles. The van der Waals surface area contributed by atoms with Crippen molar-refractivity contribution in [2.24, 2.45) is 143 Å². The first-order chi connectivity index (χ1) is 60.6. The van der Waals surface area contributed by atoms with E-state index in [-0.39, 0.29) is 212 Å². The first kappa shape index (κ1) is 152. The highest BCUT2D eigenvalue weighted by Gasteiger charge is 2.70. The fourth-order valence-corrected chi connectivity index (χ4v) is 27.6. The smallest absolute Gasteiger partial charge is 0.313 e. The zero-order valence-electron chi connectivity index (χ0n) is 90.5. The predicted octanol–water partition coefficient (Wildman–Crippen LogP) is 38.7. The molecule has 0 aromatic carbocycles. The molecule has 0 radical (unpaired) electrons. The van der Waals surface area contributed by atoms with Gasteiger partial charge in [0.2, 0.25) is 6.29 Å². The van der Waals surface area contributed by atoms with E-state index < -0.39 is 23.4 Å². The van der Waals surface area contributed by atoms with Gasteiger partial charge in [0.05, 0.1) is 49.6 Å². The van der Waals surface area contributed by atoms with Crippen LogP contribution >= 0.6 is 0 Å². The number of hydrogen-bond acceptors (Lipinski definition) is 16. The summed E-state index contributed by atoms with van der Waals surface area (Å²) in [5.74, 6) is 12.7. The van der Waals surface area contributed by atoms with Crippen LogP contribution in [0.2, 0.25) is 0 Å². The van der Waals surface area contributed by atoms with Gasteiger partial charge in [-0.05, 0) is 484 Å². The lowest BCUT2D eigenvalue weighted by Gasteiger charge is -2.56. The van der Waals surface area contributed by atoms with Gasteiger partial charge in [-0.15, -0.1) is 0 Å². The molecule has 17 unspecified atom stereocenters. The van der Waals surface area contributed by atoms with E-state index in [0.717, 1.165) is 154 Å². The van der Waals surface area contributed by atoms with Gasteiger partial charge in [-0.25, -0.2) is 0 Å². The van der Waals surface area contributed by atoms with Gasteiger partial charge in [-0.1, -0.05) is 205 Å². The molecule has 868 valence electrons. The summed E-state index contributed by atoms with van der Waals surface area (Å²) in [7, 11) is 0. The molecule has 0 aromatic rings. The SMILES string of the molecule is C.C.C.C.C.C.C.C.C.C.C.C.C.C.CCC(C)(C)C(=O)OC(C)(C)C1CC2CCC1C2.CCC(C)(C)C(=O)OC(C)(C)C1CCCCC1.CCC(C)(C)C(=O)OC(C)OC12CC3CC(CC(C3)C1)C2.CCC(C)(C)C(=O)OC(C)OC1CC2CC1C1C3CCC(C3)C21.CCC(C)(C)C(=O)OC1(C)CCC23CC1C(C)(C)C2CCC3C.CCC(C)(C)C(=O)OC1(C)CCCC1.CCC(C)(C)C(=O)OC1(C)CCCCC1. The highest BCUT2D eigenvalue weighted by atomic mass is 16.7. The monoisotopic (exact) mass is 2060 g/mol. The van der Waals surface area contributed by atoms with Crippen molar-refractivity contribution in [1.29, 1.82) is 0 Å². The second-order valence-corrected chi connectivity index (χ2v) is 53.0. The van der Waals surface area contributed by atoms with Crippen molar-refractivity contribution >= 4 is 41.8 Å². The summed E-state index contributed by atoms with van der Waals surface area (Å²) >= 11 is 0. The lowest BCUT2D eigenvalue weighted by molar-refractivity contribution is -0.248. The van der Waals surface area contributed by atoms with Crippen molar-refractivity contribution in [3.63, 3.8) is 0 Å². The van der Waals surface area contributed by atoms with E-state index >= 15 is 0 Å². The topological polar surface area (TPSA) is 203 Å². The van der Waals surface area contributed by atoms with E-state index in [2.05, 4.69) is 76.2 Å². The average molecular weight is 2060 g/mol. The first-order valence-corrected chi connectivity index (χ1v) is 54.5. The molecule has 0 heterocycles. The van der Waals surface area contributed by atoms with E-state index in [4.69, 9.17) is 42.6 Å². The van der Waals surface area contributed by atoms with Crippen molar-refractivity contribution in [3.05, 3.63) is 0 Å². The third-order valence-corrected chi connectivity index (χ3v) is 39.3. The summed E-state index contributed by atoms with van der Waals surface area (Å²) in [5, 5.41) is 0. The fourth-order valence-electron chi connectivity index (χ4n) is 27.6. The van der Waals surface area contributed by atoms with Gasteiger partial charge in [-0.3, -0.25) is 33.6 Å².